The van der Waals surface area contributed by atoms with Crippen LogP contribution in [0.15, 0.2) is 36.8 Å². The van der Waals surface area contributed by atoms with Crippen molar-refractivity contribution in [2.24, 2.45) is 11.7 Å². The van der Waals surface area contributed by atoms with Gasteiger partial charge in [-0.25, -0.2) is 9.37 Å². The molecule has 0 aliphatic carbocycles. The number of nitrogens with two attached hydrogens (primary N) is 1. The molecular formula is C15H20FN3. The van der Waals surface area contributed by atoms with Crippen LogP contribution in [-0.4, -0.2) is 16.1 Å². The van der Waals surface area contributed by atoms with Gasteiger partial charge in [-0.15, -0.1) is 0 Å². The van der Waals surface area contributed by atoms with Crippen LogP contribution in [0, 0.1) is 11.7 Å². The molecule has 0 bridgehead atoms. The number of hydrogen-bond acceptors (Lipinski definition) is 2. The lowest BCUT2D eigenvalue weighted by Crippen LogP contribution is -2.21. The zero-order valence-corrected chi connectivity index (χ0v) is 11.4. The van der Waals surface area contributed by atoms with Crippen LogP contribution in [0.5, 0.6) is 0 Å². The molecule has 0 aliphatic rings. The molecule has 4 heteroatoms. The zero-order valence-electron chi connectivity index (χ0n) is 11.4. The van der Waals surface area contributed by atoms with E-state index < -0.39 is 0 Å². The molecule has 1 unspecified atom stereocenters. The first-order valence-electron chi connectivity index (χ1n) is 6.57. The van der Waals surface area contributed by atoms with Crippen LogP contribution < -0.4 is 5.73 Å². The van der Waals surface area contributed by atoms with Crippen molar-refractivity contribution in [2.75, 3.05) is 6.54 Å². The maximum absolute atomic E-state index is 13.7. The molecule has 1 aromatic heterocycles. The maximum atomic E-state index is 13.7. The number of rotatable bonds is 5. The second-order valence-corrected chi connectivity index (χ2v) is 5.12. The Labute approximate surface area is 113 Å². The van der Waals surface area contributed by atoms with Crippen LogP contribution in [0.4, 0.5) is 4.39 Å². The second kappa shape index (κ2) is 5.97. The minimum Gasteiger partial charge on any atom is -0.330 e. The van der Waals surface area contributed by atoms with Crippen molar-refractivity contribution in [3.05, 3.63) is 53.9 Å². The molecule has 0 amide bonds. The Morgan fingerprint density at radius 1 is 1.32 bits per heavy atom. The van der Waals surface area contributed by atoms with Crippen molar-refractivity contribution < 1.29 is 4.39 Å². The summed E-state index contributed by atoms with van der Waals surface area (Å²) in [7, 11) is 0. The second-order valence-electron chi connectivity index (χ2n) is 5.12. The largest absolute Gasteiger partial charge is 0.330 e. The molecule has 1 atom stereocenters. The van der Waals surface area contributed by atoms with E-state index in [0.717, 1.165) is 5.69 Å². The molecule has 1 aromatic carbocycles. The summed E-state index contributed by atoms with van der Waals surface area (Å²) in [6.07, 6.45) is 3.57. The minimum absolute atomic E-state index is 0.184. The smallest absolute Gasteiger partial charge is 0.128 e. The monoisotopic (exact) mass is 261 g/mol. The van der Waals surface area contributed by atoms with Crippen molar-refractivity contribution in [3.63, 3.8) is 0 Å². The van der Waals surface area contributed by atoms with Crippen molar-refractivity contribution in [1.82, 2.24) is 9.55 Å². The van der Waals surface area contributed by atoms with Crippen LogP contribution in [0.3, 0.4) is 0 Å². The predicted octanol–water partition coefficient (Wildman–Crippen LogP) is 2.77. The molecule has 102 valence electrons. The third-order valence-corrected chi connectivity index (χ3v) is 3.48. The molecule has 0 fully saturated rings. The molecule has 0 aliphatic heterocycles. The van der Waals surface area contributed by atoms with Gasteiger partial charge in [0.1, 0.15) is 5.82 Å². The average molecular weight is 261 g/mol. The van der Waals surface area contributed by atoms with Crippen molar-refractivity contribution >= 4 is 0 Å². The van der Waals surface area contributed by atoms with E-state index in [1.165, 1.54) is 6.07 Å². The zero-order chi connectivity index (χ0) is 13.8. The van der Waals surface area contributed by atoms with Gasteiger partial charge in [-0.2, -0.15) is 0 Å². The van der Waals surface area contributed by atoms with E-state index in [9.17, 15) is 4.39 Å². The third kappa shape index (κ3) is 3.01. The molecule has 2 rings (SSSR count). The fraction of sp³-hybridized carbons (Fsp3) is 0.400. The number of halogens is 1. The Bertz CT molecular complexity index is 534. The molecule has 2 N–H and O–H groups in total. The Morgan fingerprint density at radius 3 is 2.68 bits per heavy atom. The SMILES string of the molecule is CC(C)C(CN)c1cncn1Cc1ccccc1F. The van der Waals surface area contributed by atoms with Crippen molar-refractivity contribution in [2.45, 2.75) is 26.3 Å². The first-order valence-corrected chi connectivity index (χ1v) is 6.57. The maximum Gasteiger partial charge on any atom is 0.128 e. The lowest BCUT2D eigenvalue weighted by Gasteiger charge is -2.20. The minimum atomic E-state index is -0.184. The normalized spacial score (nSPS) is 12.9. The lowest BCUT2D eigenvalue weighted by atomic mass is 9.93. The predicted molar refractivity (Wildman–Crippen MR) is 74.4 cm³/mol. The Kier molecular flexibility index (Phi) is 4.32. The van der Waals surface area contributed by atoms with Crippen LogP contribution in [0.1, 0.15) is 31.0 Å². The lowest BCUT2D eigenvalue weighted by molar-refractivity contribution is 0.476. The molecular weight excluding hydrogens is 241 g/mol. The van der Waals surface area contributed by atoms with Crippen molar-refractivity contribution in [3.8, 4) is 0 Å². The van der Waals surface area contributed by atoms with Gasteiger partial charge in [0.25, 0.3) is 0 Å². The summed E-state index contributed by atoms with van der Waals surface area (Å²) in [6.45, 7) is 5.34. The number of nitrogens with zero attached hydrogens (tertiary/aromatic N) is 2. The Hall–Kier alpha value is -1.68. The number of aromatic nitrogens is 2. The highest BCUT2D eigenvalue weighted by Gasteiger charge is 2.18. The average Bonchev–Trinajstić information content (AvgIpc) is 2.81. The molecule has 19 heavy (non-hydrogen) atoms. The molecule has 3 nitrogen and oxygen atoms in total. The molecule has 0 spiro atoms. The van der Waals surface area contributed by atoms with E-state index in [1.54, 1.807) is 18.5 Å². The fourth-order valence-corrected chi connectivity index (χ4v) is 2.32. The number of hydrogen-bond donors (Lipinski definition) is 1. The summed E-state index contributed by atoms with van der Waals surface area (Å²) in [4.78, 5) is 4.18. The quantitative estimate of drug-likeness (QED) is 0.899. The molecule has 0 saturated heterocycles. The summed E-state index contributed by atoms with van der Waals surface area (Å²) >= 11 is 0. The Balaban J connectivity index is 2.27. The van der Waals surface area contributed by atoms with E-state index in [1.807, 2.05) is 16.8 Å². The van der Waals surface area contributed by atoms with Crippen LogP contribution >= 0.6 is 0 Å². The first kappa shape index (κ1) is 13.7. The summed E-state index contributed by atoms with van der Waals surface area (Å²) in [6, 6.07) is 6.82. The van der Waals surface area contributed by atoms with E-state index >= 15 is 0 Å². The molecule has 0 radical (unpaired) electrons. The highest BCUT2D eigenvalue weighted by Crippen LogP contribution is 2.23. The van der Waals surface area contributed by atoms with E-state index in [2.05, 4.69) is 18.8 Å². The topological polar surface area (TPSA) is 43.8 Å². The van der Waals surface area contributed by atoms with E-state index in [-0.39, 0.29) is 11.7 Å². The van der Waals surface area contributed by atoms with E-state index in [0.29, 0.717) is 24.6 Å². The summed E-state index contributed by atoms with van der Waals surface area (Å²) in [5, 5.41) is 0. The molecule has 0 saturated carbocycles. The van der Waals surface area contributed by atoms with Gasteiger partial charge in [-0.05, 0) is 12.0 Å². The van der Waals surface area contributed by atoms with Crippen LogP contribution in [-0.2, 0) is 6.54 Å². The van der Waals surface area contributed by atoms with Crippen LogP contribution in [0.2, 0.25) is 0 Å². The summed E-state index contributed by atoms with van der Waals surface area (Å²) in [5.41, 5.74) is 7.58. The van der Waals surface area contributed by atoms with Gasteiger partial charge >= 0.3 is 0 Å². The van der Waals surface area contributed by atoms with Crippen molar-refractivity contribution in [1.29, 1.82) is 0 Å². The molecule has 1 heterocycles. The van der Waals surface area contributed by atoms with Gasteiger partial charge < -0.3 is 10.3 Å². The van der Waals surface area contributed by atoms with Gasteiger partial charge in [0.15, 0.2) is 0 Å². The fourth-order valence-electron chi connectivity index (χ4n) is 2.32. The molecule has 2 aromatic rings. The number of imidazole rings is 1. The van der Waals surface area contributed by atoms with Gasteiger partial charge in [-0.3, -0.25) is 0 Å². The van der Waals surface area contributed by atoms with Gasteiger partial charge in [-0.1, -0.05) is 32.0 Å². The Morgan fingerprint density at radius 2 is 2.05 bits per heavy atom. The third-order valence-electron chi connectivity index (χ3n) is 3.48. The highest BCUT2D eigenvalue weighted by atomic mass is 19.1. The number of benzene rings is 1. The summed E-state index contributed by atoms with van der Waals surface area (Å²) < 4.78 is 15.7. The highest BCUT2D eigenvalue weighted by molar-refractivity contribution is 5.19. The first-order chi connectivity index (χ1) is 9.13. The van der Waals surface area contributed by atoms with Crippen LogP contribution in [0.25, 0.3) is 0 Å². The summed E-state index contributed by atoms with van der Waals surface area (Å²) in [5.74, 6) is 0.492. The van der Waals surface area contributed by atoms with Gasteiger partial charge in [0.05, 0.1) is 12.9 Å². The van der Waals surface area contributed by atoms with Gasteiger partial charge in [0, 0.05) is 29.9 Å². The van der Waals surface area contributed by atoms with Gasteiger partial charge in [0.2, 0.25) is 0 Å². The standard InChI is InChI=1S/C15H20FN3/c1-11(2)13(7-17)15-8-18-10-19(15)9-12-5-3-4-6-14(12)16/h3-6,8,10-11,13H,7,9,17H2,1-2H3. The van der Waals surface area contributed by atoms with E-state index in [4.69, 9.17) is 5.73 Å².